The van der Waals surface area contributed by atoms with Gasteiger partial charge < -0.3 is 20.1 Å². The van der Waals surface area contributed by atoms with E-state index in [-0.39, 0.29) is 5.97 Å². The number of hydrogen-bond acceptors (Lipinski definition) is 4. The monoisotopic (exact) mass is 310 g/mol. The third-order valence-corrected chi connectivity index (χ3v) is 3.11. The Morgan fingerprint density at radius 1 is 1.38 bits per heavy atom. The van der Waals surface area contributed by atoms with Crippen LogP contribution in [-0.4, -0.2) is 38.0 Å². The van der Waals surface area contributed by atoms with Crippen molar-refractivity contribution in [1.29, 1.82) is 0 Å². The Balaban J connectivity index is 2.53. The second-order valence-electron chi connectivity index (χ2n) is 4.45. The number of anilines is 1. The molecule has 0 aliphatic carbocycles. The molecule has 0 amide bonds. The molecule has 1 aromatic rings. The van der Waals surface area contributed by atoms with Crippen LogP contribution in [0.2, 0.25) is 0 Å². The number of rotatable bonds is 7. The first-order chi connectivity index (χ1) is 10.1. The average Bonchev–Trinajstić information content (AvgIpc) is 2.48. The minimum absolute atomic E-state index is 0.367. The number of esters is 1. The summed E-state index contributed by atoms with van der Waals surface area (Å²) >= 11 is 5.23. The summed E-state index contributed by atoms with van der Waals surface area (Å²) in [5.41, 5.74) is 2.28. The Morgan fingerprint density at radius 3 is 2.81 bits per heavy atom. The maximum atomic E-state index is 11.5. The van der Waals surface area contributed by atoms with Crippen molar-refractivity contribution in [2.24, 2.45) is 0 Å². The zero-order valence-corrected chi connectivity index (χ0v) is 13.5. The Bertz CT molecular complexity index is 492. The average molecular weight is 310 g/mol. The van der Waals surface area contributed by atoms with E-state index in [1.165, 1.54) is 7.11 Å². The molecule has 0 bridgehead atoms. The quantitative estimate of drug-likeness (QED) is 0.458. The van der Waals surface area contributed by atoms with Gasteiger partial charge in [0, 0.05) is 25.4 Å². The molecule has 21 heavy (non-hydrogen) atoms. The zero-order chi connectivity index (χ0) is 15.7. The van der Waals surface area contributed by atoms with Gasteiger partial charge in [-0.25, -0.2) is 4.79 Å². The van der Waals surface area contributed by atoms with Crippen molar-refractivity contribution in [3.63, 3.8) is 0 Å². The lowest BCUT2D eigenvalue weighted by molar-refractivity contribution is 0.0601. The van der Waals surface area contributed by atoms with E-state index >= 15 is 0 Å². The standard InChI is InChI=1S/C15H22N2O3S/c1-4-20-9-5-8-16-15(21)17-13-10-12(14(18)19-3)7-6-11(13)2/h6-7,10H,4-5,8-9H2,1-3H3,(H2,16,17,21). The van der Waals surface area contributed by atoms with Crippen molar-refractivity contribution in [3.8, 4) is 0 Å². The summed E-state index contributed by atoms with van der Waals surface area (Å²) in [5.74, 6) is -0.367. The molecule has 6 heteroatoms. The molecule has 0 saturated heterocycles. The second kappa shape index (κ2) is 9.31. The minimum Gasteiger partial charge on any atom is -0.465 e. The zero-order valence-electron chi connectivity index (χ0n) is 12.7. The fourth-order valence-corrected chi connectivity index (χ4v) is 1.90. The smallest absolute Gasteiger partial charge is 0.337 e. The lowest BCUT2D eigenvalue weighted by atomic mass is 10.1. The van der Waals surface area contributed by atoms with Crippen LogP contribution in [0, 0.1) is 6.92 Å². The largest absolute Gasteiger partial charge is 0.465 e. The van der Waals surface area contributed by atoms with Crippen molar-refractivity contribution in [2.45, 2.75) is 20.3 Å². The highest BCUT2D eigenvalue weighted by Crippen LogP contribution is 2.17. The minimum atomic E-state index is -0.367. The summed E-state index contributed by atoms with van der Waals surface area (Å²) in [4.78, 5) is 11.5. The van der Waals surface area contributed by atoms with E-state index in [0.29, 0.717) is 17.3 Å². The van der Waals surface area contributed by atoms with Crippen LogP contribution in [0.25, 0.3) is 0 Å². The maximum absolute atomic E-state index is 11.5. The summed E-state index contributed by atoms with van der Waals surface area (Å²) in [5, 5.41) is 6.72. The molecular weight excluding hydrogens is 288 g/mol. The van der Waals surface area contributed by atoms with Crippen LogP contribution in [0.3, 0.4) is 0 Å². The number of nitrogens with one attached hydrogen (secondary N) is 2. The second-order valence-corrected chi connectivity index (χ2v) is 4.86. The first-order valence-electron chi connectivity index (χ1n) is 6.90. The number of methoxy groups -OCH3 is 1. The van der Waals surface area contributed by atoms with Gasteiger partial charge in [0.05, 0.1) is 12.7 Å². The van der Waals surface area contributed by atoms with Crippen molar-refractivity contribution < 1.29 is 14.3 Å². The highest BCUT2D eigenvalue weighted by molar-refractivity contribution is 7.80. The summed E-state index contributed by atoms with van der Waals surface area (Å²) in [6.07, 6.45) is 0.886. The van der Waals surface area contributed by atoms with Gasteiger partial charge >= 0.3 is 5.97 Å². The van der Waals surface area contributed by atoms with Crippen molar-refractivity contribution in [3.05, 3.63) is 29.3 Å². The van der Waals surface area contributed by atoms with Gasteiger partial charge in [0.1, 0.15) is 0 Å². The fourth-order valence-electron chi connectivity index (χ4n) is 1.69. The van der Waals surface area contributed by atoms with Crippen molar-refractivity contribution in [2.75, 3.05) is 32.2 Å². The van der Waals surface area contributed by atoms with Gasteiger partial charge in [0.25, 0.3) is 0 Å². The van der Waals surface area contributed by atoms with Crippen LogP contribution in [0.1, 0.15) is 29.3 Å². The van der Waals surface area contributed by atoms with E-state index in [9.17, 15) is 4.79 Å². The third-order valence-electron chi connectivity index (χ3n) is 2.86. The Hall–Kier alpha value is -1.66. The molecule has 0 spiro atoms. The Morgan fingerprint density at radius 2 is 2.14 bits per heavy atom. The third kappa shape index (κ3) is 6.10. The first kappa shape index (κ1) is 17.4. The van der Waals surface area contributed by atoms with E-state index in [1.54, 1.807) is 12.1 Å². The molecular formula is C15H22N2O3S. The van der Waals surface area contributed by atoms with Crippen LogP contribution in [-0.2, 0) is 9.47 Å². The lowest BCUT2D eigenvalue weighted by Crippen LogP contribution is -2.30. The molecule has 0 radical (unpaired) electrons. The molecule has 2 N–H and O–H groups in total. The molecule has 0 unspecified atom stereocenters. The Kier molecular flexibility index (Phi) is 7.71. The van der Waals surface area contributed by atoms with Gasteiger partial charge in [0.15, 0.2) is 5.11 Å². The number of ether oxygens (including phenoxy) is 2. The SMILES string of the molecule is CCOCCCNC(=S)Nc1cc(C(=O)OC)ccc1C. The van der Waals surface area contributed by atoms with E-state index in [2.05, 4.69) is 10.6 Å². The molecule has 0 aliphatic rings. The topological polar surface area (TPSA) is 59.6 Å². The summed E-state index contributed by atoms with van der Waals surface area (Å²) in [6.45, 7) is 6.09. The van der Waals surface area contributed by atoms with Gasteiger partial charge in [-0.05, 0) is 50.2 Å². The molecule has 116 valence electrons. The van der Waals surface area contributed by atoms with Gasteiger partial charge in [-0.2, -0.15) is 0 Å². The number of carbonyl (C=O) groups excluding carboxylic acids is 1. The number of hydrogen-bond donors (Lipinski definition) is 2. The van der Waals surface area contributed by atoms with Crippen LogP contribution < -0.4 is 10.6 Å². The highest BCUT2D eigenvalue weighted by atomic mass is 32.1. The molecule has 1 rings (SSSR count). The molecule has 0 heterocycles. The molecule has 5 nitrogen and oxygen atoms in total. The number of aryl methyl sites for hydroxylation is 1. The van der Waals surface area contributed by atoms with Crippen LogP contribution in [0.5, 0.6) is 0 Å². The summed E-state index contributed by atoms with van der Waals surface area (Å²) < 4.78 is 9.96. The first-order valence-corrected chi connectivity index (χ1v) is 7.30. The van der Waals surface area contributed by atoms with E-state index in [1.807, 2.05) is 19.9 Å². The van der Waals surface area contributed by atoms with Gasteiger partial charge in [-0.3, -0.25) is 0 Å². The number of thiocarbonyl (C=S) groups is 1. The van der Waals surface area contributed by atoms with E-state index in [0.717, 1.165) is 30.8 Å². The van der Waals surface area contributed by atoms with Crippen LogP contribution in [0.4, 0.5) is 5.69 Å². The molecule has 1 aromatic carbocycles. The maximum Gasteiger partial charge on any atom is 0.337 e. The van der Waals surface area contributed by atoms with Gasteiger partial charge in [0.2, 0.25) is 0 Å². The van der Waals surface area contributed by atoms with Gasteiger partial charge in [-0.1, -0.05) is 6.07 Å². The number of carbonyl (C=O) groups is 1. The Labute approximate surface area is 131 Å². The highest BCUT2D eigenvalue weighted by Gasteiger charge is 2.08. The van der Waals surface area contributed by atoms with Crippen molar-refractivity contribution in [1.82, 2.24) is 5.32 Å². The van der Waals surface area contributed by atoms with Crippen molar-refractivity contribution >= 4 is 29.0 Å². The molecule has 0 atom stereocenters. The van der Waals surface area contributed by atoms with E-state index < -0.39 is 0 Å². The summed E-state index contributed by atoms with van der Waals surface area (Å²) in [7, 11) is 1.36. The molecule has 0 aliphatic heterocycles. The molecule has 0 fully saturated rings. The molecule has 0 aromatic heterocycles. The lowest BCUT2D eigenvalue weighted by Gasteiger charge is -2.13. The van der Waals surface area contributed by atoms with E-state index in [4.69, 9.17) is 21.7 Å². The normalized spacial score (nSPS) is 10.0. The predicted molar refractivity (Wildman–Crippen MR) is 87.9 cm³/mol. The molecule has 0 saturated carbocycles. The van der Waals surface area contributed by atoms with Crippen LogP contribution >= 0.6 is 12.2 Å². The number of benzene rings is 1. The van der Waals surface area contributed by atoms with Crippen LogP contribution in [0.15, 0.2) is 18.2 Å². The van der Waals surface area contributed by atoms with Gasteiger partial charge in [-0.15, -0.1) is 0 Å². The predicted octanol–water partition coefficient (Wildman–Crippen LogP) is 2.49. The summed E-state index contributed by atoms with van der Waals surface area (Å²) in [6, 6.07) is 5.31. The fraction of sp³-hybridized carbons (Fsp3) is 0.467.